The predicted molar refractivity (Wildman–Crippen MR) is 89.4 cm³/mol. The summed E-state index contributed by atoms with van der Waals surface area (Å²) in [4.78, 5) is 30.0. The monoisotopic (exact) mass is 348 g/mol. The molecule has 25 heavy (non-hydrogen) atoms. The molecular formula is C18H24N2O5. The van der Waals surface area contributed by atoms with Crippen LogP contribution >= 0.6 is 0 Å². The number of esters is 1. The summed E-state index contributed by atoms with van der Waals surface area (Å²) in [5.74, 6) is 0.0574. The molecule has 0 spiro atoms. The predicted octanol–water partition coefficient (Wildman–Crippen LogP) is 2.92. The Labute approximate surface area is 147 Å². The van der Waals surface area contributed by atoms with E-state index in [4.69, 9.17) is 14.2 Å². The molecule has 3 rings (SSSR count). The van der Waals surface area contributed by atoms with E-state index in [9.17, 15) is 9.59 Å². The van der Waals surface area contributed by atoms with Crippen molar-refractivity contribution in [2.45, 2.75) is 64.9 Å². The number of nitrogens with zero attached hydrogens (tertiary/aromatic N) is 2. The molecule has 0 aromatic carbocycles. The van der Waals surface area contributed by atoms with E-state index < -0.39 is 5.60 Å². The number of carbonyl (C=O) groups is 2. The van der Waals surface area contributed by atoms with Gasteiger partial charge in [-0.3, -0.25) is 0 Å². The fraction of sp³-hybridized carbons (Fsp3) is 0.611. The summed E-state index contributed by atoms with van der Waals surface area (Å²) >= 11 is 0. The van der Waals surface area contributed by atoms with Gasteiger partial charge in [0.05, 0.1) is 17.7 Å². The van der Waals surface area contributed by atoms with Gasteiger partial charge in [0, 0.05) is 12.2 Å². The van der Waals surface area contributed by atoms with Crippen molar-refractivity contribution in [1.82, 2.24) is 9.88 Å². The number of amides is 1. The van der Waals surface area contributed by atoms with Crippen LogP contribution in [-0.4, -0.2) is 46.2 Å². The lowest BCUT2D eigenvalue weighted by Gasteiger charge is -2.38. The quantitative estimate of drug-likeness (QED) is 0.765. The third-order valence-corrected chi connectivity index (χ3v) is 4.33. The number of pyridine rings is 1. The maximum absolute atomic E-state index is 12.4. The Morgan fingerprint density at radius 2 is 2.12 bits per heavy atom. The van der Waals surface area contributed by atoms with Crippen molar-refractivity contribution in [1.29, 1.82) is 0 Å². The van der Waals surface area contributed by atoms with Crippen LogP contribution in [0.4, 0.5) is 4.79 Å². The van der Waals surface area contributed by atoms with E-state index in [1.165, 1.54) is 6.20 Å². The Morgan fingerprint density at radius 3 is 2.84 bits per heavy atom. The highest BCUT2D eigenvalue weighted by molar-refractivity contribution is 5.93. The first-order valence-electron chi connectivity index (χ1n) is 8.56. The molecule has 2 aliphatic heterocycles. The van der Waals surface area contributed by atoms with Gasteiger partial charge in [0.25, 0.3) is 0 Å². The molecule has 1 aromatic rings. The highest BCUT2D eigenvalue weighted by atomic mass is 16.6. The number of ether oxygens (including phenoxy) is 3. The number of fused-ring (bicyclic) bond motifs is 1. The van der Waals surface area contributed by atoms with Crippen LogP contribution < -0.4 is 4.74 Å². The molecule has 0 aliphatic carbocycles. The second kappa shape index (κ2) is 6.54. The molecule has 2 aliphatic rings. The van der Waals surface area contributed by atoms with Crippen molar-refractivity contribution in [2.75, 3.05) is 6.54 Å². The van der Waals surface area contributed by atoms with Gasteiger partial charge in [-0.15, -0.1) is 0 Å². The number of likely N-dealkylation sites (tertiary alicyclic amines) is 1. The zero-order valence-corrected chi connectivity index (χ0v) is 15.1. The van der Waals surface area contributed by atoms with Gasteiger partial charge >= 0.3 is 12.1 Å². The van der Waals surface area contributed by atoms with Gasteiger partial charge in [-0.1, -0.05) is 0 Å². The highest BCUT2D eigenvalue weighted by Gasteiger charge is 2.34. The molecule has 3 heterocycles. The lowest BCUT2D eigenvalue weighted by molar-refractivity contribution is -0.00626. The van der Waals surface area contributed by atoms with Crippen LogP contribution in [0.5, 0.6) is 5.88 Å². The molecule has 1 saturated heterocycles. The van der Waals surface area contributed by atoms with Gasteiger partial charge in [-0.2, -0.15) is 0 Å². The number of aromatic nitrogens is 1. The molecule has 2 atom stereocenters. The van der Waals surface area contributed by atoms with E-state index in [1.807, 2.05) is 27.7 Å². The maximum Gasteiger partial charge on any atom is 0.410 e. The summed E-state index contributed by atoms with van der Waals surface area (Å²) < 4.78 is 16.5. The van der Waals surface area contributed by atoms with Crippen LogP contribution in [0.2, 0.25) is 0 Å². The topological polar surface area (TPSA) is 78.0 Å². The van der Waals surface area contributed by atoms with E-state index in [0.717, 1.165) is 12.8 Å². The Hall–Kier alpha value is -2.31. The number of hydrogen-bond donors (Lipinski definition) is 0. The SMILES string of the molecule is CC1CCC(Oc2nccc3c2COC3=O)CN1C(=O)OC(C)(C)C. The van der Waals surface area contributed by atoms with E-state index in [0.29, 0.717) is 23.6 Å². The number of hydrogen-bond acceptors (Lipinski definition) is 6. The first kappa shape index (κ1) is 17.5. The van der Waals surface area contributed by atoms with Crippen molar-refractivity contribution >= 4 is 12.1 Å². The maximum atomic E-state index is 12.4. The van der Waals surface area contributed by atoms with Gasteiger partial charge in [-0.05, 0) is 46.6 Å². The summed E-state index contributed by atoms with van der Waals surface area (Å²) in [5.41, 5.74) is 0.637. The normalized spacial score (nSPS) is 23.0. The summed E-state index contributed by atoms with van der Waals surface area (Å²) in [6.07, 6.45) is 2.63. The minimum absolute atomic E-state index is 0.0917. The average Bonchev–Trinajstić information content (AvgIpc) is 2.90. The first-order chi connectivity index (χ1) is 11.7. The number of piperidine rings is 1. The van der Waals surface area contributed by atoms with Crippen LogP contribution in [0.1, 0.15) is 56.5 Å². The molecule has 0 radical (unpaired) electrons. The Morgan fingerprint density at radius 1 is 1.36 bits per heavy atom. The average molecular weight is 348 g/mol. The zero-order valence-electron chi connectivity index (χ0n) is 15.1. The third kappa shape index (κ3) is 3.86. The van der Waals surface area contributed by atoms with Gasteiger partial charge in [0.15, 0.2) is 0 Å². The molecule has 7 nitrogen and oxygen atoms in total. The van der Waals surface area contributed by atoms with Crippen LogP contribution in [0.15, 0.2) is 12.3 Å². The summed E-state index contributed by atoms with van der Waals surface area (Å²) in [6, 6.07) is 1.72. The number of carbonyl (C=O) groups excluding carboxylic acids is 2. The molecule has 1 fully saturated rings. The van der Waals surface area contributed by atoms with Crippen molar-refractivity contribution < 1.29 is 23.8 Å². The van der Waals surface area contributed by atoms with Crippen LogP contribution in [0.25, 0.3) is 0 Å². The minimum Gasteiger partial charge on any atom is -0.472 e. The Balaban J connectivity index is 1.70. The van der Waals surface area contributed by atoms with E-state index in [2.05, 4.69) is 4.98 Å². The molecule has 136 valence electrons. The second-order valence-electron chi connectivity index (χ2n) is 7.52. The van der Waals surface area contributed by atoms with E-state index >= 15 is 0 Å². The molecule has 1 amide bonds. The smallest absolute Gasteiger partial charge is 0.410 e. The largest absolute Gasteiger partial charge is 0.472 e. The van der Waals surface area contributed by atoms with Gasteiger partial charge in [0.1, 0.15) is 18.3 Å². The summed E-state index contributed by atoms with van der Waals surface area (Å²) in [6.45, 7) is 8.16. The first-order valence-corrected chi connectivity index (χ1v) is 8.56. The van der Waals surface area contributed by atoms with Gasteiger partial charge < -0.3 is 19.1 Å². The van der Waals surface area contributed by atoms with Crippen molar-refractivity contribution in [2.24, 2.45) is 0 Å². The Bertz CT molecular complexity index is 683. The molecule has 0 N–H and O–H groups in total. The molecule has 0 bridgehead atoms. The van der Waals surface area contributed by atoms with Gasteiger partial charge in [-0.25, -0.2) is 14.6 Å². The molecule has 0 saturated carbocycles. The second-order valence-corrected chi connectivity index (χ2v) is 7.52. The van der Waals surface area contributed by atoms with E-state index in [-0.39, 0.29) is 30.8 Å². The lowest BCUT2D eigenvalue weighted by atomic mass is 10.0. The number of cyclic esters (lactones) is 1. The fourth-order valence-corrected chi connectivity index (χ4v) is 3.02. The van der Waals surface area contributed by atoms with Gasteiger partial charge in [0.2, 0.25) is 5.88 Å². The minimum atomic E-state index is -0.538. The Kier molecular flexibility index (Phi) is 4.58. The van der Waals surface area contributed by atoms with Crippen LogP contribution in [0, 0.1) is 0 Å². The summed E-state index contributed by atoms with van der Waals surface area (Å²) in [5, 5.41) is 0. The lowest BCUT2D eigenvalue weighted by Crippen LogP contribution is -2.50. The highest BCUT2D eigenvalue weighted by Crippen LogP contribution is 2.30. The standard InChI is InChI=1S/C18H24N2O5/c1-11-5-6-12(9-20(11)17(22)25-18(2,3)4)24-15-14-10-23-16(21)13(14)7-8-19-15/h7-8,11-12H,5-6,9-10H2,1-4H3. The van der Waals surface area contributed by atoms with Crippen LogP contribution in [-0.2, 0) is 16.1 Å². The molecule has 2 unspecified atom stereocenters. The third-order valence-electron chi connectivity index (χ3n) is 4.33. The van der Waals surface area contributed by atoms with Crippen LogP contribution in [0.3, 0.4) is 0 Å². The number of rotatable bonds is 2. The van der Waals surface area contributed by atoms with Crippen molar-refractivity contribution in [3.05, 3.63) is 23.4 Å². The summed E-state index contributed by atoms with van der Waals surface area (Å²) in [7, 11) is 0. The molecule has 7 heteroatoms. The van der Waals surface area contributed by atoms with E-state index in [1.54, 1.807) is 11.0 Å². The zero-order chi connectivity index (χ0) is 18.2. The van der Waals surface area contributed by atoms with Crippen molar-refractivity contribution in [3.8, 4) is 5.88 Å². The fourth-order valence-electron chi connectivity index (χ4n) is 3.02. The molecular weight excluding hydrogens is 324 g/mol. The molecule has 1 aromatic heterocycles. The van der Waals surface area contributed by atoms with Crippen molar-refractivity contribution in [3.63, 3.8) is 0 Å².